The van der Waals surface area contributed by atoms with E-state index in [0.717, 1.165) is 0 Å². The second kappa shape index (κ2) is 5.20. The van der Waals surface area contributed by atoms with Gasteiger partial charge in [-0.1, -0.05) is 0 Å². The number of hydrogen-bond acceptors (Lipinski definition) is 3. The minimum atomic E-state index is -4.22. The average molecular weight is 177 g/mol. The third kappa shape index (κ3) is 12.7. The second-order valence-corrected chi connectivity index (χ2v) is 2.87. The van der Waals surface area contributed by atoms with E-state index in [-0.39, 0.29) is 57.4 Å². The van der Waals surface area contributed by atoms with Gasteiger partial charge in [-0.3, -0.25) is 0 Å². The molecular formula is C3H8KNO3S. The van der Waals surface area contributed by atoms with Crippen LogP contribution in [0.2, 0.25) is 0 Å². The molecular weight excluding hydrogens is 169 g/mol. The quantitative estimate of drug-likeness (QED) is 0.351. The molecule has 0 atom stereocenters. The fourth-order valence-electron chi connectivity index (χ4n) is 0.289. The van der Waals surface area contributed by atoms with Gasteiger partial charge in [-0.2, -0.15) is 0 Å². The first kappa shape index (κ1) is 13.1. The van der Waals surface area contributed by atoms with E-state index in [1.165, 1.54) is 0 Å². The standard InChI is InChI=1S/C3H9NO3S.K/c1-3(2)4-8(5,6)7;/h3-4H,1-2H3,(H,5,6,7);/q;+1/p-1. The molecule has 0 rings (SSSR count). The van der Waals surface area contributed by atoms with E-state index < -0.39 is 10.3 Å². The Labute approximate surface area is 97.7 Å². The molecule has 0 spiro atoms. The smallest absolute Gasteiger partial charge is 0.735 e. The molecule has 4 nitrogen and oxygen atoms in total. The minimum absolute atomic E-state index is 0. The molecule has 0 aromatic rings. The van der Waals surface area contributed by atoms with Crippen LogP contribution in [0.25, 0.3) is 0 Å². The van der Waals surface area contributed by atoms with Crippen molar-refractivity contribution in [3.63, 3.8) is 0 Å². The molecule has 50 valence electrons. The van der Waals surface area contributed by atoms with Gasteiger partial charge in [0.05, 0.1) is 0 Å². The molecule has 0 aliphatic heterocycles. The van der Waals surface area contributed by atoms with Gasteiger partial charge < -0.3 is 4.55 Å². The maximum Gasteiger partial charge on any atom is 1.00 e. The maximum absolute atomic E-state index is 9.78. The van der Waals surface area contributed by atoms with Crippen LogP contribution in [0.4, 0.5) is 0 Å². The zero-order valence-electron chi connectivity index (χ0n) is 5.71. The molecule has 0 unspecified atom stereocenters. The molecule has 0 radical (unpaired) electrons. The Bertz CT molecular complexity index is 152. The van der Waals surface area contributed by atoms with Crippen molar-refractivity contribution in [3.8, 4) is 0 Å². The van der Waals surface area contributed by atoms with Crippen molar-refractivity contribution >= 4 is 10.3 Å². The van der Waals surface area contributed by atoms with Crippen molar-refractivity contribution in [1.29, 1.82) is 0 Å². The summed E-state index contributed by atoms with van der Waals surface area (Å²) in [7, 11) is -4.22. The largest absolute Gasteiger partial charge is 1.00 e. The van der Waals surface area contributed by atoms with Crippen molar-refractivity contribution in [2.24, 2.45) is 0 Å². The van der Waals surface area contributed by atoms with E-state index in [1.54, 1.807) is 18.6 Å². The van der Waals surface area contributed by atoms with Gasteiger partial charge in [-0.15, -0.1) is 0 Å². The molecule has 0 amide bonds. The Balaban J connectivity index is 0. The summed E-state index contributed by atoms with van der Waals surface area (Å²) in [5, 5.41) is 0. The van der Waals surface area contributed by atoms with Crippen LogP contribution in [0.5, 0.6) is 0 Å². The normalized spacial score (nSPS) is 11.1. The predicted molar refractivity (Wildman–Crippen MR) is 28.0 cm³/mol. The topological polar surface area (TPSA) is 69.2 Å². The van der Waals surface area contributed by atoms with Crippen LogP contribution < -0.4 is 56.1 Å². The van der Waals surface area contributed by atoms with Gasteiger partial charge in [0, 0.05) is 6.04 Å². The summed E-state index contributed by atoms with van der Waals surface area (Å²) in [6, 6.07) is -0.308. The van der Waals surface area contributed by atoms with Gasteiger partial charge in [0.15, 0.2) is 10.3 Å². The maximum atomic E-state index is 9.78. The number of hydrogen-bond donors (Lipinski definition) is 1. The van der Waals surface area contributed by atoms with Crippen molar-refractivity contribution in [3.05, 3.63) is 0 Å². The van der Waals surface area contributed by atoms with Gasteiger partial charge in [-0.25, -0.2) is 13.1 Å². The van der Waals surface area contributed by atoms with E-state index in [0.29, 0.717) is 0 Å². The molecule has 0 aromatic heterocycles. The summed E-state index contributed by atoms with van der Waals surface area (Å²) >= 11 is 0. The number of nitrogens with one attached hydrogen (secondary N) is 1. The van der Waals surface area contributed by atoms with Crippen molar-refractivity contribution in [1.82, 2.24) is 4.72 Å². The van der Waals surface area contributed by atoms with Crippen molar-refractivity contribution < 1.29 is 64.4 Å². The van der Waals surface area contributed by atoms with Crippen LogP contribution in [0.1, 0.15) is 13.8 Å². The van der Waals surface area contributed by atoms with Crippen LogP contribution in [0.3, 0.4) is 0 Å². The summed E-state index contributed by atoms with van der Waals surface area (Å²) < 4.78 is 31.1. The molecule has 0 bridgehead atoms. The molecule has 1 N–H and O–H groups in total. The summed E-state index contributed by atoms with van der Waals surface area (Å²) in [4.78, 5) is 0. The van der Waals surface area contributed by atoms with Gasteiger partial charge >= 0.3 is 51.4 Å². The Morgan fingerprint density at radius 2 is 1.78 bits per heavy atom. The fourth-order valence-corrected chi connectivity index (χ4v) is 0.866. The summed E-state index contributed by atoms with van der Waals surface area (Å²) in [6.07, 6.45) is 0. The molecule has 0 saturated carbocycles. The molecule has 0 aromatic carbocycles. The Hall–Kier alpha value is 1.51. The third-order valence-electron chi connectivity index (χ3n) is 0.380. The van der Waals surface area contributed by atoms with Crippen LogP contribution in [0.15, 0.2) is 0 Å². The van der Waals surface area contributed by atoms with Crippen LogP contribution in [-0.2, 0) is 10.3 Å². The van der Waals surface area contributed by atoms with Crippen LogP contribution in [-0.4, -0.2) is 19.0 Å². The second-order valence-electron chi connectivity index (χ2n) is 1.73. The third-order valence-corrected chi connectivity index (χ3v) is 1.14. The van der Waals surface area contributed by atoms with E-state index in [2.05, 4.69) is 0 Å². The van der Waals surface area contributed by atoms with E-state index in [1.807, 2.05) is 0 Å². The van der Waals surface area contributed by atoms with E-state index >= 15 is 0 Å². The van der Waals surface area contributed by atoms with Crippen LogP contribution in [0, 0.1) is 0 Å². The first-order chi connectivity index (χ1) is 3.42. The van der Waals surface area contributed by atoms with E-state index in [9.17, 15) is 13.0 Å². The summed E-state index contributed by atoms with van der Waals surface area (Å²) in [5.41, 5.74) is 0. The minimum Gasteiger partial charge on any atom is -0.735 e. The molecule has 9 heavy (non-hydrogen) atoms. The molecule has 0 saturated heterocycles. The Morgan fingerprint density at radius 1 is 1.44 bits per heavy atom. The zero-order chi connectivity index (χ0) is 6.78. The van der Waals surface area contributed by atoms with Gasteiger partial charge in [0.2, 0.25) is 0 Å². The SMILES string of the molecule is CC(C)NS(=O)(=O)[O-].[K+]. The van der Waals surface area contributed by atoms with Gasteiger partial charge in [0.1, 0.15) is 0 Å². The van der Waals surface area contributed by atoms with Gasteiger partial charge in [0.25, 0.3) is 0 Å². The van der Waals surface area contributed by atoms with Crippen molar-refractivity contribution in [2.45, 2.75) is 19.9 Å². The fraction of sp³-hybridized carbons (Fsp3) is 1.00. The molecule has 0 aliphatic carbocycles. The molecule has 6 heteroatoms. The predicted octanol–water partition coefficient (Wildman–Crippen LogP) is -3.55. The first-order valence-corrected chi connectivity index (χ1v) is 3.56. The Morgan fingerprint density at radius 3 is 1.78 bits per heavy atom. The van der Waals surface area contributed by atoms with E-state index in [4.69, 9.17) is 0 Å². The number of rotatable bonds is 2. The summed E-state index contributed by atoms with van der Waals surface area (Å²) in [6.45, 7) is 3.16. The van der Waals surface area contributed by atoms with Gasteiger partial charge in [-0.05, 0) is 13.8 Å². The average Bonchev–Trinajstić information content (AvgIpc) is 1.21. The Kier molecular flexibility index (Phi) is 7.57. The molecule has 0 fully saturated rings. The monoisotopic (exact) mass is 177 g/mol. The van der Waals surface area contributed by atoms with Crippen LogP contribution >= 0.6 is 0 Å². The zero-order valence-corrected chi connectivity index (χ0v) is 9.65. The summed E-state index contributed by atoms with van der Waals surface area (Å²) in [5.74, 6) is 0. The molecule has 0 heterocycles. The molecule has 0 aliphatic rings. The van der Waals surface area contributed by atoms with Crippen molar-refractivity contribution in [2.75, 3.05) is 0 Å². The first-order valence-electron chi connectivity index (χ1n) is 2.15.